The third-order valence-electron chi connectivity index (χ3n) is 3.22. The summed E-state index contributed by atoms with van der Waals surface area (Å²) in [6.07, 6.45) is 4.28. The lowest BCUT2D eigenvalue weighted by molar-refractivity contribution is 0.303. The van der Waals surface area contributed by atoms with Crippen molar-refractivity contribution in [1.29, 1.82) is 0 Å². The van der Waals surface area contributed by atoms with Gasteiger partial charge in [-0.25, -0.2) is 0 Å². The summed E-state index contributed by atoms with van der Waals surface area (Å²) in [5, 5.41) is 0. The average Bonchev–Trinajstić information content (AvgIpc) is 2.58. The smallest absolute Gasteiger partial charge is 0.0920 e. The molecule has 0 N–H and O–H groups in total. The first-order chi connectivity index (χ1) is 5.12. The predicted molar refractivity (Wildman–Crippen MR) is 45.4 cm³/mol. The van der Waals surface area contributed by atoms with Gasteiger partial charge in [0, 0.05) is 0 Å². The van der Waals surface area contributed by atoms with Gasteiger partial charge in [0.15, 0.2) is 0 Å². The van der Waals surface area contributed by atoms with Crippen LogP contribution in [0.4, 0.5) is 0 Å². The molecule has 1 nitrogen and oxygen atoms in total. The molecule has 1 heterocycles. The molecular weight excluding hydrogens is 136 g/mol. The molecule has 11 heavy (non-hydrogen) atoms. The summed E-state index contributed by atoms with van der Waals surface area (Å²) < 4.78 is 5.60. The van der Waals surface area contributed by atoms with Crippen LogP contribution in [0, 0.1) is 5.92 Å². The first-order valence-corrected chi connectivity index (χ1v) is 4.45. The molecule has 1 unspecified atom stereocenters. The Morgan fingerprint density at radius 3 is 2.91 bits per heavy atom. The molecule has 1 saturated carbocycles. The topological polar surface area (TPSA) is 12.5 Å². The fourth-order valence-corrected chi connectivity index (χ4v) is 2.09. The van der Waals surface area contributed by atoms with Crippen LogP contribution in [0.15, 0.2) is 12.2 Å². The van der Waals surface area contributed by atoms with E-state index in [0.717, 1.165) is 5.92 Å². The highest BCUT2D eigenvalue weighted by atomic mass is 16.6. The minimum absolute atomic E-state index is 0.270. The zero-order valence-corrected chi connectivity index (χ0v) is 7.39. The molecule has 0 bridgehead atoms. The largest absolute Gasteiger partial charge is 0.366 e. The van der Waals surface area contributed by atoms with Crippen molar-refractivity contribution in [1.82, 2.24) is 0 Å². The number of fused-ring (bicyclic) bond motifs is 1. The standard InChI is InChI=1S/C10H16O/c1-7(2)8-4-5-10(3)9(6-8)11-10/h8-9H,1,4-6H2,2-3H3/t8-,9+,10?/m0/s1. The fraction of sp³-hybridized carbons (Fsp3) is 0.800. The number of epoxide rings is 1. The van der Waals surface area contributed by atoms with E-state index in [1.165, 1.54) is 24.8 Å². The number of allylic oxidation sites excluding steroid dienone is 1. The third-order valence-corrected chi connectivity index (χ3v) is 3.22. The molecule has 3 atom stereocenters. The third kappa shape index (κ3) is 1.12. The number of hydrogen-bond donors (Lipinski definition) is 0. The van der Waals surface area contributed by atoms with E-state index in [0.29, 0.717) is 6.10 Å². The van der Waals surface area contributed by atoms with Crippen LogP contribution in [0.25, 0.3) is 0 Å². The van der Waals surface area contributed by atoms with Crippen LogP contribution in [-0.2, 0) is 4.74 Å². The Balaban J connectivity index is 1.98. The van der Waals surface area contributed by atoms with E-state index in [1.54, 1.807) is 0 Å². The van der Waals surface area contributed by atoms with Crippen molar-refractivity contribution in [3.63, 3.8) is 0 Å². The predicted octanol–water partition coefficient (Wildman–Crippen LogP) is 2.52. The van der Waals surface area contributed by atoms with E-state index in [-0.39, 0.29) is 5.60 Å². The number of rotatable bonds is 1. The van der Waals surface area contributed by atoms with Gasteiger partial charge in [0.25, 0.3) is 0 Å². The summed E-state index contributed by atoms with van der Waals surface area (Å²) in [5.41, 5.74) is 1.61. The zero-order chi connectivity index (χ0) is 8.06. The Bertz CT molecular complexity index is 197. The Morgan fingerprint density at radius 1 is 1.64 bits per heavy atom. The molecular formula is C10H16O. The molecule has 2 rings (SSSR count). The van der Waals surface area contributed by atoms with E-state index in [2.05, 4.69) is 20.4 Å². The summed E-state index contributed by atoms with van der Waals surface area (Å²) in [7, 11) is 0. The van der Waals surface area contributed by atoms with Crippen molar-refractivity contribution in [2.24, 2.45) is 5.92 Å². The van der Waals surface area contributed by atoms with Crippen LogP contribution < -0.4 is 0 Å². The van der Waals surface area contributed by atoms with Crippen LogP contribution in [0.2, 0.25) is 0 Å². The lowest BCUT2D eigenvalue weighted by Crippen LogP contribution is -2.21. The Kier molecular flexibility index (Phi) is 1.40. The molecule has 2 aliphatic rings. The molecule has 1 aliphatic carbocycles. The molecule has 1 heteroatoms. The van der Waals surface area contributed by atoms with Crippen molar-refractivity contribution < 1.29 is 4.74 Å². The molecule has 1 aliphatic heterocycles. The van der Waals surface area contributed by atoms with Crippen molar-refractivity contribution in [3.05, 3.63) is 12.2 Å². The van der Waals surface area contributed by atoms with Gasteiger partial charge in [-0.2, -0.15) is 0 Å². The summed E-state index contributed by atoms with van der Waals surface area (Å²) in [4.78, 5) is 0. The minimum Gasteiger partial charge on any atom is -0.366 e. The molecule has 2 fully saturated rings. The van der Waals surface area contributed by atoms with E-state index in [4.69, 9.17) is 4.74 Å². The highest BCUT2D eigenvalue weighted by molar-refractivity contribution is 5.10. The van der Waals surface area contributed by atoms with Crippen molar-refractivity contribution in [2.45, 2.75) is 44.8 Å². The quantitative estimate of drug-likeness (QED) is 0.415. The van der Waals surface area contributed by atoms with E-state index in [9.17, 15) is 0 Å². The van der Waals surface area contributed by atoms with Gasteiger partial charge in [-0.15, -0.1) is 0 Å². The van der Waals surface area contributed by atoms with Crippen LogP contribution in [0.1, 0.15) is 33.1 Å². The van der Waals surface area contributed by atoms with Crippen molar-refractivity contribution >= 4 is 0 Å². The normalized spacial score (nSPS) is 48.2. The SMILES string of the molecule is C=C(C)[C@H]1CCC2(C)O[C@@H]2C1. The summed E-state index contributed by atoms with van der Waals surface area (Å²) in [6.45, 7) is 8.36. The van der Waals surface area contributed by atoms with Gasteiger partial charge in [0.1, 0.15) is 0 Å². The maximum absolute atomic E-state index is 5.60. The van der Waals surface area contributed by atoms with E-state index < -0.39 is 0 Å². The first kappa shape index (κ1) is 7.35. The van der Waals surface area contributed by atoms with Crippen LogP contribution in [-0.4, -0.2) is 11.7 Å². The fourth-order valence-electron chi connectivity index (χ4n) is 2.09. The second-order valence-electron chi connectivity index (χ2n) is 4.24. The molecule has 0 aromatic rings. The molecule has 0 amide bonds. The Morgan fingerprint density at radius 2 is 2.36 bits per heavy atom. The molecule has 0 aromatic carbocycles. The molecule has 1 saturated heterocycles. The average molecular weight is 152 g/mol. The molecule has 0 spiro atoms. The number of hydrogen-bond acceptors (Lipinski definition) is 1. The van der Waals surface area contributed by atoms with Gasteiger partial charge in [-0.3, -0.25) is 0 Å². The number of ether oxygens (including phenoxy) is 1. The van der Waals surface area contributed by atoms with Gasteiger partial charge in [-0.1, -0.05) is 12.2 Å². The Hall–Kier alpha value is -0.300. The van der Waals surface area contributed by atoms with Gasteiger partial charge >= 0.3 is 0 Å². The summed E-state index contributed by atoms with van der Waals surface area (Å²) in [5.74, 6) is 0.732. The lowest BCUT2D eigenvalue weighted by atomic mass is 9.80. The first-order valence-electron chi connectivity index (χ1n) is 4.45. The Labute approximate surface area is 68.4 Å². The van der Waals surface area contributed by atoms with Crippen LogP contribution in [0.5, 0.6) is 0 Å². The van der Waals surface area contributed by atoms with Gasteiger partial charge in [0.05, 0.1) is 11.7 Å². The monoisotopic (exact) mass is 152 g/mol. The van der Waals surface area contributed by atoms with E-state index >= 15 is 0 Å². The van der Waals surface area contributed by atoms with Gasteiger partial charge < -0.3 is 4.74 Å². The highest BCUT2D eigenvalue weighted by Gasteiger charge is 2.55. The summed E-state index contributed by atoms with van der Waals surface area (Å²) >= 11 is 0. The maximum atomic E-state index is 5.60. The molecule has 62 valence electrons. The second-order valence-corrected chi connectivity index (χ2v) is 4.24. The maximum Gasteiger partial charge on any atom is 0.0920 e. The van der Waals surface area contributed by atoms with Gasteiger partial charge in [-0.05, 0) is 39.0 Å². The summed E-state index contributed by atoms with van der Waals surface area (Å²) in [6, 6.07) is 0. The lowest BCUT2D eigenvalue weighted by Gasteiger charge is -2.22. The van der Waals surface area contributed by atoms with Gasteiger partial charge in [0.2, 0.25) is 0 Å². The van der Waals surface area contributed by atoms with Crippen LogP contribution >= 0.6 is 0 Å². The molecule has 0 radical (unpaired) electrons. The second kappa shape index (κ2) is 2.10. The zero-order valence-electron chi connectivity index (χ0n) is 7.39. The van der Waals surface area contributed by atoms with Crippen molar-refractivity contribution in [2.75, 3.05) is 0 Å². The minimum atomic E-state index is 0.270. The molecule has 0 aromatic heterocycles. The highest BCUT2D eigenvalue weighted by Crippen LogP contribution is 2.50. The van der Waals surface area contributed by atoms with Crippen LogP contribution in [0.3, 0.4) is 0 Å². The van der Waals surface area contributed by atoms with E-state index in [1.807, 2.05) is 0 Å². The van der Waals surface area contributed by atoms with Crippen molar-refractivity contribution in [3.8, 4) is 0 Å².